The Labute approximate surface area is 164 Å². The molecule has 3 heterocycles. The number of nitrogens with one attached hydrogen (secondary N) is 1. The number of piperidine rings is 1. The molecule has 0 bridgehead atoms. The summed E-state index contributed by atoms with van der Waals surface area (Å²) in [6.07, 6.45) is 11.1. The molecule has 0 radical (unpaired) electrons. The first kappa shape index (κ1) is 18.7. The lowest BCUT2D eigenvalue weighted by Crippen LogP contribution is -2.40. The summed E-state index contributed by atoms with van der Waals surface area (Å²) in [5.41, 5.74) is 8.99. The first-order valence-corrected chi connectivity index (χ1v) is 10.2. The van der Waals surface area contributed by atoms with Crippen molar-refractivity contribution in [1.82, 2.24) is 24.6 Å². The second-order valence-corrected chi connectivity index (χ2v) is 7.89. The molecule has 8 heteroatoms. The normalized spacial score (nSPS) is 19.4. The zero-order valence-corrected chi connectivity index (χ0v) is 16.2. The van der Waals surface area contributed by atoms with Crippen LogP contribution in [0.15, 0.2) is 12.4 Å². The van der Waals surface area contributed by atoms with Crippen molar-refractivity contribution in [2.45, 2.75) is 63.8 Å². The van der Waals surface area contributed by atoms with Gasteiger partial charge in [0.15, 0.2) is 0 Å². The Morgan fingerprint density at radius 2 is 2.11 bits per heavy atom. The van der Waals surface area contributed by atoms with Gasteiger partial charge in [-0.3, -0.25) is 14.7 Å². The number of primary amides is 1. The zero-order chi connectivity index (χ0) is 19.5. The minimum atomic E-state index is -0.384. The van der Waals surface area contributed by atoms with Crippen LogP contribution in [0.25, 0.3) is 0 Å². The number of amides is 2. The Morgan fingerprint density at radius 3 is 2.96 bits per heavy atom. The number of hydrogen-bond acceptors (Lipinski definition) is 4. The average molecular weight is 384 g/mol. The number of carbonyl (C=O) groups excluding carboxylic acids is 2. The molecule has 28 heavy (non-hydrogen) atoms. The molecule has 3 N–H and O–H groups in total. The highest BCUT2D eigenvalue weighted by Crippen LogP contribution is 2.27. The van der Waals surface area contributed by atoms with Crippen LogP contribution >= 0.6 is 0 Å². The lowest BCUT2D eigenvalue weighted by atomic mass is 9.94. The lowest BCUT2D eigenvalue weighted by molar-refractivity contribution is -0.132. The molecule has 0 unspecified atom stereocenters. The Bertz CT molecular complexity index is 855. The van der Waals surface area contributed by atoms with E-state index in [4.69, 9.17) is 5.73 Å². The fraction of sp³-hybridized carbons (Fsp3) is 0.600. The van der Waals surface area contributed by atoms with E-state index in [0.717, 1.165) is 43.7 Å². The van der Waals surface area contributed by atoms with Crippen LogP contribution in [0.1, 0.15) is 60.8 Å². The highest BCUT2D eigenvalue weighted by atomic mass is 16.2. The van der Waals surface area contributed by atoms with Crippen molar-refractivity contribution in [3.05, 3.63) is 35.2 Å². The third-order valence-corrected chi connectivity index (χ3v) is 5.93. The van der Waals surface area contributed by atoms with Gasteiger partial charge in [0.25, 0.3) is 0 Å². The summed E-state index contributed by atoms with van der Waals surface area (Å²) in [4.78, 5) is 30.5. The number of nitrogens with zero attached hydrogens (tertiary/aromatic N) is 4. The molecule has 2 aromatic rings. The number of rotatable bonds is 6. The van der Waals surface area contributed by atoms with Crippen LogP contribution in [0.2, 0.25) is 0 Å². The van der Waals surface area contributed by atoms with Crippen molar-refractivity contribution in [1.29, 1.82) is 0 Å². The van der Waals surface area contributed by atoms with Crippen LogP contribution < -0.4 is 5.73 Å². The smallest absolute Gasteiger partial charge is 0.237 e. The van der Waals surface area contributed by atoms with Crippen LogP contribution in [0, 0.1) is 0 Å². The molecule has 4 rings (SSSR count). The Morgan fingerprint density at radius 1 is 1.25 bits per heavy atom. The Kier molecular flexibility index (Phi) is 5.45. The first-order valence-electron chi connectivity index (χ1n) is 10.2. The van der Waals surface area contributed by atoms with Crippen molar-refractivity contribution in [3.63, 3.8) is 0 Å². The summed E-state index contributed by atoms with van der Waals surface area (Å²) in [6.45, 7) is 1.56. The Hall–Kier alpha value is -2.64. The van der Waals surface area contributed by atoms with E-state index in [1.807, 2.05) is 4.90 Å². The number of imidazole rings is 1. The fourth-order valence-electron chi connectivity index (χ4n) is 4.54. The van der Waals surface area contributed by atoms with E-state index in [9.17, 15) is 9.59 Å². The molecule has 0 saturated carbocycles. The second-order valence-electron chi connectivity index (χ2n) is 7.89. The summed E-state index contributed by atoms with van der Waals surface area (Å²) >= 11 is 0. The monoisotopic (exact) mass is 384 g/mol. The van der Waals surface area contributed by atoms with Crippen molar-refractivity contribution < 1.29 is 9.59 Å². The van der Waals surface area contributed by atoms with Gasteiger partial charge in [-0.1, -0.05) is 0 Å². The number of nitrogens with two attached hydrogens (primary N) is 1. The summed E-state index contributed by atoms with van der Waals surface area (Å²) in [5.74, 6) is 0.776. The van der Waals surface area contributed by atoms with Crippen LogP contribution in [0.4, 0.5) is 0 Å². The molecule has 1 atom stereocenters. The third kappa shape index (κ3) is 3.95. The van der Waals surface area contributed by atoms with Gasteiger partial charge in [-0.2, -0.15) is 5.10 Å². The fourth-order valence-corrected chi connectivity index (χ4v) is 4.54. The number of H-pyrrole nitrogens is 1. The molecular formula is C20H28N6O2. The lowest BCUT2D eigenvalue weighted by Gasteiger charge is -2.32. The molecule has 1 aliphatic heterocycles. The van der Waals surface area contributed by atoms with Gasteiger partial charge in [0.05, 0.1) is 5.69 Å². The van der Waals surface area contributed by atoms with Gasteiger partial charge in [-0.05, 0) is 44.1 Å². The molecule has 150 valence electrons. The quantitative estimate of drug-likeness (QED) is 0.782. The topological polar surface area (TPSA) is 110 Å². The van der Waals surface area contributed by atoms with Crippen LogP contribution in [0.3, 0.4) is 0 Å². The molecule has 0 aromatic carbocycles. The van der Waals surface area contributed by atoms with Gasteiger partial charge in [0, 0.05) is 49.9 Å². The van der Waals surface area contributed by atoms with Gasteiger partial charge in [-0.25, -0.2) is 4.98 Å². The minimum absolute atomic E-state index is 0.129. The van der Waals surface area contributed by atoms with E-state index >= 15 is 0 Å². The van der Waals surface area contributed by atoms with Gasteiger partial charge >= 0.3 is 0 Å². The number of likely N-dealkylation sites (tertiary alicyclic amines) is 1. The highest BCUT2D eigenvalue weighted by molar-refractivity contribution is 5.76. The number of aromatic nitrogens is 4. The molecule has 1 saturated heterocycles. The zero-order valence-electron chi connectivity index (χ0n) is 16.2. The Balaban J connectivity index is 1.37. The highest BCUT2D eigenvalue weighted by Gasteiger charge is 2.28. The van der Waals surface area contributed by atoms with Crippen molar-refractivity contribution in [2.75, 3.05) is 13.1 Å². The van der Waals surface area contributed by atoms with E-state index in [1.54, 1.807) is 17.0 Å². The van der Waals surface area contributed by atoms with E-state index in [1.165, 1.54) is 24.1 Å². The molecule has 1 aliphatic carbocycles. The van der Waals surface area contributed by atoms with Crippen molar-refractivity contribution in [2.24, 2.45) is 5.73 Å². The summed E-state index contributed by atoms with van der Waals surface area (Å²) in [5, 5.41) is 7.61. The second kappa shape index (κ2) is 8.16. The number of aromatic amines is 1. The summed E-state index contributed by atoms with van der Waals surface area (Å²) in [7, 11) is 0. The molecular weight excluding hydrogens is 356 g/mol. The van der Waals surface area contributed by atoms with Crippen LogP contribution in [-0.4, -0.2) is 49.6 Å². The number of carbonyl (C=O) groups is 2. The molecule has 1 fully saturated rings. The van der Waals surface area contributed by atoms with E-state index in [2.05, 4.69) is 15.2 Å². The maximum Gasteiger partial charge on any atom is 0.237 e. The molecule has 2 amide bonds. The minimum Gasteiger partial charge on any atom is -0.368 e. The number of aryl methyl sites for hydroxylation is 2. The predicted molar refractivity (Wildman–Crippen MR) is 104 cm³/mol. The maximum absolute atomic E-state index is 12.8. The number of fused-ring (bicyclic) bond motifs is 1. The van der Waals surface area contributed by atoms with E-state index in [0.29, 0.717) is 19.4 Å². The molecule has 8 nitrogen and oxygen atoms in total. The van der Waals surface area contributed by atoms with E-state index in [-0.39, 0.29) is 24.3 Å². The van der Waals surface area contributed by atoms with Crippen LogP contribution in [-0.2, 0) is 35.4 Å². The van der Waals surface area contributed by atoms with Gasteiger partial charge in [0.2, 0.25) is 11.8 Å². The van der Waals surface area contributed by atoms with Crippen molar-refractivity contribution in [3.8, 4) is 0 Å². The number of hydrogen-bond donors (Lipinski definition) is 2. The standard InChI is InChI=1S/C20H28N6O2/c21-18(27)13-26-11-9-22-20(26)14-4-3-10-25(12-14)19(28)8-7-17-15-5-1-2-6-16(15)23-24-17/h9,11,14H,1-8,10,12-13H2,(H2,21,27)(H,23,24)/t14-/m0/s1. The summed E-state index contributed by atoms with van der Waals surface area (Å²) < 4.78 is 1.80. The predicted octanol–water partition coefficient (Wildman–Crippen LogP) is 1.31. The first-order chi connectivity index (χ1) is 13.6. The van der Waals surface area contributed by atoms with Gasteiger partial charge < -0.3 is 15.2 Å². The average Bonchev–Trinajstić information content (AvgIpc) is 3.32. The van der Waals surface area contributed by atoms with Crippen LogP contribution in [0.5, 0.6) is 0 Å². The molecule has 2 aliphatic rings. The van der Waals surface area contributed by atoms with Gasteiger partial charge in [0.1, 0.15) is 12.4 Å². The summed E-state index contributed by atoms with van der Waals surface area (Å²) in [6, 6.07) is 0. The van der Waals surface area contributed by atoms with Crippen molar-refractivity contribution >= 4 is 11.8 Å². The van der Waals surface area contributed by atoms with Gasteiger partial charge in [-0.15, -0.1) is 0 Å². The SMILES string of the molecule is NC(=O)Cn1ccnc1[C@H]1CCCN(C(=O)CCc2n[nH]c3c2CCCC3)C1. The maximum atomic E-state index is 12.8. The van der Waals surface area contributed by atoms with E-state index < -0.39 is 0 Å². The third-order valence-electron chi connectivity index (χ3n) is 5.93. The largest absolute Gasteiger partial charge is 0.368 e. The molecule has 2 aromatic heterocycles. The molecule has 0 spiro atoms.